The van der Waals surface area contributed by atoms with E-state index < -0.39 is 39.5 Å². The van der Waals surface area contributed by atoms with E-state index in [2.05, 4.69) is 15.0 Å². The Bertz CT molecular complexity index is 1260. The monoisotopic (exact) mass is 501 g/mol. The fourth-order valence-electron chi connectivity index (χ4n) is 3.41. The van der Waals surface area contributed by atoms with E-state index >= 15 is 0 Å². The number of alkyl carbamates (subject to hydrolysis) is 1. The van der Waals surface area contributed by atoms with Gasteiger partial charge in [0.25, 0.3) is 11.8 Å². The third-order valence-corrected chi connectivity index (χ3v) is 6.76. The number of aromatic nitrogens is 1. The highest BCUT2D eigenvalue weighted by molar-refractivity contribution is 7.90. The molecule has 0 aliphatic rings. The molecule has 0 fully saturated rings. The molecular formula is C24H27N3O7S. The first-order valence-corrected chi connectivity index (χ1v) is 12.9. The van der Waals surface area contributed by atoms with Crippen molar-refractivity contribution in [2.75, 3.05) is 19.4 Å². The van der Waals surface area contributed by atoms with E-state index in [4.69, 9.17) is 4.42 Å². The number of amides is 3. The van der Waals surface area contributed by atoms with E-state index in [1.54, 1.807) is 54.6 Å². The molecule has 0 aliphatic carbocycles. The molecule has 35 heavy (non-hydrogen) atoms. The molecule has 3 amide bonds. The van der Waals surface area contributed by atoms with Crippen molar-refractivity contribution in [3.05, 3.63) is 66.1 Å². The molecule has 0 saturated heterocycles. The number of imide groups is 1. The molecule has 0 saturated carbocycles. The molecule has 1 unspecified atom stereocenters. The standard InChI is InChI=1S/C24H27N3O7S/c1-3-4-14-27(23(29)21-25-18-12-8-9-13-20(18)34-21)22(28)19(26-24(30)33-2)16-35(31,32)15-17-10-6-5-7-11-17/h5-13,19H,3-4,14-16H2,1-2H3,(H,26,30). The molecule has 1 aromatic heterocycles. The number of unbranched alkanes of at least 4 members (excludes halogenated alkanes) is 1. The van der Waals surface area contributed by atoms with E-state index in [9.17, 15) is 22.8 Å². The zero-order valence-electron chi connectivity index (χ0n) is 19.5. The van der Waals surface area contributed by atoms with Crippen LogP contribution in [0.5, 0.6) is 0 Å². The Morgan fingerprint density at radius 2 is 1.77 bits per heavy atom. The van der Waals surface area contributed by atoms with Crippen molar-refractivity contribution in [2.45, 2.75) is 31.6 Å². The minimum atomic E-state index is -3.87. The molecule has 10 nitrogen and oxygen atoms in total. The average molecular weight is 502 g/mol. The molecule has 0 spiro atoms. The molecular weight excluding hydrogens is 474 g/mol. The van der Waals surface area contributed by atoms with Crippen LogP contribution in [0.1, 0.15) is 36.0 Å². The predicted molar refractivity (Wildman–Crippen MR) is 128 cm³/mol. The lowest BCUT2D eigenvalue weighted by Crippen LogP contribution is -2.53. The normalized spacial score (nSPS) is 12.2. The van der Waals surface area contributed by atoms with Gasteiger partial charge in [-0.2, -0.15) is 0 Å². The van der Waals surface area contributed by atoms with Crippen LogP contribution in [0.25, 0.3) is 11.1 Å². The number of ether oxygens (including phenoxy) is 1. The number of para-hydroxylation sites is 2. The Balaban J connectivity index is 1.89. The van der Waals surface area contributed by atoms with E-state index in [1.807, 2.05) is 6.92 Å². The highest BCUT2D eigenvalue weighted by atomic mass is 32.2. The van der Waals surface area contributed by atoms with Crippen LogP contribution in [-0.4, -0.2) is 61.7 Å². The molecule has 1 N–H and O–H groups in total. The second-order valence-corrected chi connectivity index (χ2v) is 9.97. The number of hydrogen-bond donors (Lipinski definition) is 1. The van der Waals surface area contributed by atoms with Crippen molar-refractivity contribution >= 4 is 38.8 Å². The van der Waals surface area contributed by atoms with E-state index in [1.165, 1.54) is 0 Å². The van der Waals surface area contributed by atoms with Gasteiger partial charge in [0, 0.05) is 6.54 Å². The van der Waals surface area contributed by atoms with Gasteiger partial charge < -0.3 is 14.5 Å². The number of nitrogens with zero attached hydrogens (tertiary/aromatic N) is 2. The molecule has 0 aliphatic heterocycles. The molecule has 1 atom stereocenters. The first kappa shape index (κ1) is 25.9. The van der Waals surface area contributed by atoms with Crippen LogP contribution < -0.4 is 5.32 Å². The molecule has 2 aromatic carbocycles. The number of sulfone groups is 1. The fourth-order valence-corrected chi connectivity index (χ4v) is 4.96. The van der Waals surface area contributed by atoms with Crippen molar-refractivity contribution in [3.8, 4) is 0 Å². The molecule has 1 heterocycles. The van der Waals surface area contributed by atoms with Crippen molar-refractivity contribution < 1.29 is 32.0 Å². The maximum absolute atomic E-state index is 13.5. The largest absolute Gasteiger partial charge is 0.453 e. The Labute approximate surface area is 203 Å². The third kappa shape index (κ3) is 6.89. The number of benzene rings is 2. The number of hydrogen-bond acceptors (Lipinski definition) is 8. The van der Waals surface area contributed by atoms with E-state index in [-0.39, 0.29) is 18.2 Å². The van der Waals surface area contributed by atoms with Gasteiger partial charge in [-0.1, -0.05) is 55.8 Å². The molecule has 0 radical (unpaired) electrons. The fraction of sp³-hybridized carbons (Fsp3) is 0.333. The van der Waals surface area contributed by atoms with Gasteiger partial charge >= 0.3 is 12.0 Å². The Hall–Kier alpha value is -3.73. The van der Waals surface area contributed by atoms with Gasteiger partial charge in [-0.25, -0.2) is 18.2 Å². The zero-order chi connectivity index (χ0) is 25.4. The summed E-state index contributed by atoms with van der Waals surface area (Å²) in [5, 5.41) is 2.26. The lowest BCUT2D eigenvalue weighted by Gasteiger charge is -2.25. The second kappa shape index (κ2) is 11.6. The van der Waals surface area contributed by atoms with Crippen LogP contribution in [0.4, 0.5) is 4.79 Å². The number of oxazole rings is 1. The van der Waals surface area contributed by atoms with Crippen LogP contribution in [0, 0.1) is 0 Å². The van der Waals surface area contributed by atoms with Crippen LogP contribution in [0.3, 0.4) is 0 Å². The summed E-state index contributed by atoms with van der Waals surface area (Å²) >= 11 is 0. The van der Waals surface area contributed by atoms with Crippen molar-refractivity contribution in [3.63, 3.8) is 0 Å². The van der Waals surface area contributed by atoms with Crippen LogP contribution in [0.15, 0.2) is 59.0 Å². The summed E-state index contributed by atoms with van der Waals surface area (Å²) in [6.45, 7) is 1.87. The van der Waals surface area contributed by atoms with Gasteiger partial charge in [-0.05, 0) is 24.1 Å². The quantitative estimate of drug-likeness (QED) is 0.448. The maximum atomic E-state index is 13.5. The molecule has 11 heteroatoms. The highest BCUT2D eigenvalue weighted by Gasteiger charge is 2.35. The number of carbonyl (C=O) groups is 3. The van der Waals surface area contributed by atoms with Gasteiger partial charge in [0.2, 0.25) is 0 Å². The maximum Gasteiger partial charge on any atom is 0.407 e. The minimum absolute atomic E-state index is 0.00895. The summed E-state index contributed by atoms with van der Waals surface area (Å²) in [4.78, 5) is 43.7. The molecule has 3 aromatic rings. The van der Waals surface area contributed by atoms with Crippen LogP contribution >= 0.6 is 0 Å². The summed E-state index contributed by atoms with van der Waals surface area (Å²) in [5.41, 5.74) is 1.34. The Kier molecular flexibility index (Phi) is 8.58. The highest BCUT2D eigenvalue weighted by Crippen LogP contribution is 2.18. The van der Waals surface area contributed by atoms with Gasteiger partial charge in [0.1, 0.15) is 11.6 Å². The Morgan fingerprint density at radius 3 is 2.43 bits per heavy atom. The van der Waals surface area contributed by atoms with Gasteiger partial charge in [-0.15, -0.1) is 0 Å². The zero-order valence-corrected chi connectivity index (χ0v) is 20.3. The molecule has 186 valence electrons. The smallest absolute Gasteiger partial charge is 0.407 e. The van der Waals surface area contributed by atoms with E-state index in [0.717, 1.165) is 12.0 Å². The summed E-state index contributed by atoms with van der Waals surface area (Å²) < 4.78 is 35.9. The summed E-state index contributed by atoms with van der Waals surface area (Å²) in [5.74, 6) is -3.09. The summed E-state index contributed by atoms with van der Waals surface area (Å²) in [6.07, 6.45) is 0.119. The van der Waals surface area contributed by atoms with Crippen molar-refractivity contribution in [2.24, 2.45) is 0 Å². The van der Waals surface area contributed by atoms with Crippen LogP contribution in [-0.2, 0) is 25.1 Å². The number of nitrogens with one attached hydrogen (secondary N) is 1. The second-order valence-electron chi connectivity index (χ2n) is 7.86. The van der Waals surface area contributed by atoms with E-state index in [0.29, 0.717) is 29.5 Å². The predicted octanol–water partition coefficient (Wildman–Crippen LogP) is 2.94. The van der Waals surface area contributed by atoms with Crippen molar-refractivity contribution in [1.82, 2.24) is 15.2 Å². The number of fused-ring (bicyclic) bond motifs is 1. The van der Waals surface area contributed by atoms with Gasteiger partial charge in [-0.3, -0.25) is 14.5 Å². The topological polar surface area (TPSA) is 136 Å². The first-order valence-electron chi connectivity index (χ1n) is 11.0. The number of rotatable bonds is 10. The molecule has 0 bridgehead atoms. The summed E-state index contributed by atoms with van der Waals surface area (Å²) in [7, 11) is -2.77. The lowest BCUT2D eigenvalue weighted by molar-refractivity contribution is -0.130. The van der Waals surface area contributed by atoms with Crippen LogP contribution in [0.2, 0.25) is 0 Å². The Morgan fingerprint density at radius 1 is 1.09 bits per heavy atom. The third-order valence-electron chi connectivity index (χ3n) is 5.15. The lowest BCUT2D eigenvalue weighted by atomic mass is 10.2. The van der Waals surface area contributed by atoms with Gasteiger partial charge in [0.15, 0.2) is 15.4 Å². The van der Waals surface area contributed by atoms with Crippen molar-refractivity contribution in [1.29, 1.82) is 0 Å². The van der Waals surface area contributed by atoms with Gasteiger partial charge in [0.05, 0.1) is 18.6 Å². The average Bonchev–Trinajstić information content (AvgIpc) is 3.28. The first-order chi connectivity index (χ1) is 16.7. The summed E-state index contributed by atoms with van der Waals surface area (Å²) in [6, 6.07) is 13.6. The SMILES string of the molecule is CCCCN(C(=O)c1nc2ccccc2o1)C(=O)C(CS(=O)(=O)Cc1ccccc1)NC(=O)OC. The number of carbonyl (C=O) groups excluding carboxylic acids is 3. The minimum Gasteiger partial charge on any atom is -0.453 e. The number of methoxy groups -OCH3 is 1. The molecule has 3 rings (SSSR count).